The molecule has 8 nitrogen and oxygen atoms in total. The number of aromatic amines is 1. The van der Waals surface area contributed by atoms with Crippen molar-refractivity contribution < 1.29 is 4.79 Å². The second kappa shape index (κ2) is 2.62. The number of nitrogens with two attached hydrogens (primary N) is 1. The second-order valence-electron chi connectivity index (χ2n) is 1.25. The number of azo groups is 1. The molecule has 0 aliphatic carbocycles. The molecule has 0 saturated heterocycles. The van der Waals surface area contributed by atoms with Gasteiger partial charge >= 0.3 is 12.0 Å². The molecule has 0 saturated carbocycles. The van der Waals surface area contributed by atoms with Crippen molar-refractivity contribution in [2.75, 3.05) is 0 Å². The van der Waals surface area contributed by atoms with Gasteiger partial charge in [-0.25, -0.2) is 4.79 Å². The molecule has 0 bridgehead atoms. The van der Waals surface area contributed by atoms with Crippen LogP contribution < -0.4 is 5.73 Å². The van der Waals surface area contributed by atoms with E-state index < -0.39 is 6.03 Å². The van der Waals surface area contributed by atoms with E-state index in [1.165, 1.54) is 0 Å². The van der Waals surface area contributed by atoms with Gasteiger partial charge in [-0.15, -0.1) is 10.2 Å². The van der Waals surface area contributed by atoms with Crippen LogP contribution in [0.15, 0.2) is 10.2 Å². The molecule has 1 aromatic rings. The third kappa shape index (κ3) is 1.58. The van der Waals surface area contributed by atoms with Gasteiger partial charge in [0, 0.05) is 0 Å². The fraction of sp³-hybridized carbons (Fsp3) is 0. The molecule has 0 aromatic carbocycles. The van der Waals surface area contributed by atoms with E-state index in [4.69, 9.17) is 0 Å². The number of rotatable bonds is 1. The number of hydrogen-bond donors (Lipinski definition) is 2. The maximum Gasteiger partial charge on any atom is 0.357 e. The van der Waals surface area contributed by atoms with Gasteiger partial charge in [0.15, 0.2) is 0 Å². The molecule has 10 heavy (non-hydrogen) atoms. The summed E-state index contributed by atoms with van der Waals surface area (Å²) in [5.41, 5.74) is 4.62. The summed E-state index contributed by atoms with van der Waals surface area (Å²) in [6.45, 7) is 0. The Morgan fingerprint density at radius 3 is 3.00 bits per heavy atom. The third-order valence-electron chi connectivity index (χ3n) is 0.572. The van der Waals surface area contributed by atoms with Gasteiger partial charge < -0.3 is 5.73 Å². The zero-order valence-corrected chi connectivity index (χ0v) is 4.72. The van der Waals surface area contributed by atoms with E-state index in [9.17, 15) is 4.79 Å². The molecule has 2 amide bonds. The predicted molar refractivity (Wildman–Crippen MR) is 28.3 cm³/mol. The lowest BCUT2D eigenvalue weighted by Crippen LogP contribution is -2.01. The molecular weight excluding hydrogens is 138 g/mol. The van der Waals surface area contributed by atoms with Crippen molar-refractivity contribution in [1.29, 1.82) is 0 Å². The number of tetrazole rings is 1. The van der Waals surface area contributed by atoms with Crippen LogP contribution >= 0.6 is 0 Å². The summed E-state index contributed by atoms with van der Waals surface area (Å²) in [5.74, 6) is -0.0289. The first-order valence-corrected chi connectivity index (χ1v) is 2.23. The van der Waals surface area contributed by atoms with Gasteiger partial charge in [-0.2, -0.15) is 5.21 Å². The first kappa shape index (κ1) is 6.26. The Kier molecular flexibility index (Phi) is 1.64. The molecule has 1 aromatic heterocycles. The van der Waals surface area contributed by atoms with E-state index in [1.807, 2.05) is 0 Å². The number of nitrogens with zero attached hydrogens (tertiary/aromatic N) is 5. The maximum atomic E-state index is 9.97. The highest BCUT2D eigenvalue weighted by Crippen LogP contribution is 1.96. The molecule has 0 unspecified atom stereocenters. The Morgan fingerprint density at radius 2 is 2.50 bits per heavy atom. The van der Waals surface area contributed by atoms with Gasteiger partial charge in [-0.1, -0.05) is 10.2 Å². The first-order valence-electron chi connectivity index (χ1n) is 2.23. The van der Waals surface area contributed by atoms with E-state index in [0.717, 1.165) is 0 Å². The van der Waals surface area contributed by atoms with Gasteiger partial charge in [0.2, 0.25) is 0 Å². The minimum atomic E-state index is -0.898. The number of amides is 2. The van der Waals surface area contributed by atoms with Gasteiger partial charge in [-0.05, 0) is 5.21 Å². The van der Waals surface area contributed by atoms with Crippen LogP contribution in [0.25, 0.3) is 0 Å². The smallest absolute Gasteiger partial charge is 0.348 e. The number of nitrogens with one attached hydrogen (secondary N) is 1. The number of H-pyrrole nitrogens is 1. The third-order valence-corrected chi connectivity index (χ3v) is 0.572. The summed E-state index contributed by atoms with van der Waals surface area (Å²) < 4.78 is 0. The molecular formula is C2H3N7O. The maximum absolute atomic E-state index is 9.97. The Balaban J connectivity index is 2.64. The summed E-state index contributed by atoms with van der Waals surface area (Å²) in [6.07, 6.45) is 0. The molecule has 52 valence electrons. The minimum absolute atomic E-state index is 0.0289. The number of carbonyl (C=O) groups excluding carboxylic acids is 1. The largest absolute Gasteiger partial charge is 0.357 e. The topological polar surface area (TPSA) is 122 Å². The Hall–Kier alpha value is -1.86. The zero-order valence-electron chi connectivity index (χ0n) is 4.72. The van der Waals surface area contributed by atoms with Gasteiger partial charge in [0.05, 0.1) is 0 Å². The van der Waals surface area contributed by atoms with E-state index in [-0.39, 0.29) is 5.95 Å². The fourth-order valence-electron chi connectivity index (χ4n) is 0.293. The summed E-state index contributed by atoms with van der Waals surface area (Å²) in [6, 6.07) is -0.898. The molecule has 0 radical (unpaired) electrons. The van der Waals surface area contributed by atoms with Crippen LogP contribution in [0, 0.1) is 0 Å². The molecule has 3 N–H and O–H groups in total. The van der Waals surface area contributed by atoms with Gasteiger partial charge in [0.25, 0.3) is 0 Å². The van der Waals surface area contributed by atoms with E-state index in [2.05, 4.69) is 36.6 Å². The van der Waals surface area contributed by atoms with Crippen molar-refractivity contribution in [3.63, 3.8) is 0 Å². The quantitative estimate of drug-likeness (QED) is 0.505. The van der Waals surface area contributed by atoms with Crippen LogP contribution in [0.3, 0.4) is 0 Å². The van der Waals surface area contributed by atoms with E-state index in [0.29, 0.717) is 0 Å². The van der Waals surface area contributed by atoms with Crippen molar-refractivity contribution in [3.05, 3.63) is 0 Å². The Morgan fingerprint density at radius 1 is 1.70 bits per heavy atom. The van der Waals surface area contributed by atoms with E-state index in [1.54, 1.807) is 0 Å². The first-order chi connectivity index (χ1) is 4.79. The Bertz CT molecular complexity index is 236. The highest BCUT2D eigenvalue weighted by atomic mass is 16.2. The molecule has 0 aliphatic rings. The number of primary amides is 1. The van der Waals surface area contributed by atoms with Crippen LogP contribution in [-0.2, 0) is 0 Å². The summed E-state index contributed by atoms with van der Waals surface area (Å²) in [5, 5.41) is 18.2. The molecule has 0 atom stereocenters. The highest BCUT2D eigenvalue weighted by Gasteiger charge is 1.92. The molecule has 0 aliphatic heterocycles. The standard InChI is InChI=1S/C2H3N7O/c3-1(10)4-5-2-6-8-9-7-2/h(H2,3,10)(H,6,7,8,9)/b5-4+. The molecule has 8 heteroatoms. The van der Waals surface area contributed by atoms with Crippen molar-refractivity contribution in [1.82, 2.24) is 20.6 Å². The lowest BCUT2D eigenvalue weighted by molar-refractivity contribution is 0.255. The molecule has 0 spiro atoms. The van der Waals surface area contributed by atoms with Crippen LogP contribution in [-0.4, -0.2) is 26.7 Å². The number of urea groups is 1. The summed E-state index contributed by atoms with van der Waals surface area (Å²) in [4.78, 5) is 9.97. The fourth-order valence-corrected chi connectivity index (χ4v) is 0.293. The molecule has 1 heterocycles. The highest BCUT2D eigenvalue weighted by molar-refractivity contribution is 5.72. The number of carbonyl (C=O) groups is 1. The van der Waals surface area contributed by atoms with Crippen LogP contribution in [0.4, 0.5) is 10.7 Å². The van der Waals surface area contributed by atoms with Crippen LogP contribution in [0.1, 0.15) is 0 Å². The Labute approximate surface area is 54.5 Å². The zero-order chi connectivity index (χ0) is 7.40. The van der Waals surface area contributed by atoms with E-state index >= 15 is 0 Å². The second-order valence-corrected chi connectivity index (χ2v) is 1.25. The van der Waals surface area contributed by atoms with Crippen LogP contribution in [0.2, 0.25) is 0 Å². The minimum Gasteiger partial charge on any atom is -0.348 e. The molecule has 1 rings (SSSR count). The SMILES string of the molecule is NC(=O)/N=N/c1nn[nH]n1. The van der Waals surface area contributed by atoms with Crippen molar-refractivity contribution in [3.8, 4) is 0 Å². The lowest BCUT2D eigenvalue weighted by atomic mass is 11.1. The van der Waals surface area contributed by atoms with Gasteiger partial charge in [0.1, 0.15) is 0 Å². The predicted octanol–water partition coefficient (Wildman–Crippen LogP) is -0.638. The number of hydrogen-bond acceptors (Lipinski definition) is 5. The average Bonchev–Trinajstić information content (AvgIpc) is 2.34. The summed E-state index contributed by atoms with van der Waals surface area (Å²) in [7, 11) is 0. The van der Waals surface area contributed by atoms with Crippen LogP contribution in [0.5, 0.6) is 0 Å². The van der Waals surface area contributed by atoms with Crippen molar-refractivity contribution in [2.45, 2.75) is 0 Å². The average molecular weight is 141 g/mol. The van der Waals surface area contributed by atoms with Crippen molar-refractivity contribution in [2.24, 2.45) is 16.0 Å². The summed E-state index contributed by atoms with van der Waals surface area (Å²) >= 11 is 0. The normalized spacial score (nSPS) is 10.4. The van der Waals surface area contributed by atoms with Crippen molar-refractivity contribution >= 4 is 12.0 Å². The lowest BCUT2D eigenvalue weighted by Gasteiger charge is -1.74. The van der Waals surface area contributed by atoms with Gasteiger partial charge in [-0.3, -0.25) is 0 Å². The number of aromatic nitrogens is 4. The monoisotopic (exact) mass is 141 g/mol. The molecule has 0 fully saturated rings.